The summed E-state index contributed by atoms with van der Waals surface area (Å²) in [5.41, 5.74) is 9.54. The molecule has 0 radical (unpaired) electrons. The van der Waals surface area contributed by atoms with Crippen molar-refractivity contribution in [2.24, 2.45) is 9.98 Å². The third-order valence-electron chi connectivity index (χ3n) is 9.50. The van der Waals surface area contributed by atoms with Gasteiger partial charge in [0.25, 0.3) is 0 Å². The van der Waals surface area contributed by atoms with Gasteiger partial charge in [0.05, 0.1) is 33.5 Å². The van der Waals surface area contributed by atoms with Gasteiger partial charge in [-0.1, -0.05) is 115 Å². The van der Waals surface area contributed by atoms with Gasteiger partial charge in [-0.3, -0.25) is 9.98 Å². The van der Waals surface area contributed by atoms with E-state index in [0.717, 1.165) is 39.3 Å². The summed E-state index contributed by atoms with van der Waals surface area (Å²) in [4.78, 5) is 9.67. The van der Waals surface area contributed by atoms with Gasteiger partial charge in [-0.15, -0.1) is 0 Å². The minimum atomic E-state index is 0.446. The fourth-order valence-corrected chi connectivity index (χ4v) is 7.20. The van der Waals surface area contributed by atoms with Crippen molar-refractivity contribution in [3.8, 4) is 5.69 Å². The molecule has 7 aromatic carbocycles. The van der Waals surface area contributed by atoms with Gasteiger partial charge in [-0.25, -0.2) is 0 Å². The van der Waals surface area contributed by atoms with E-state index in [-0.39, 0.29) is 0 Å². The zero-order valence-corrected chi connectivity index (χ0v) is 26.9. The number of fused-ring (bicyclic) bond motifs is 7. The maximum absolute atomic E-state index is 5.27. The topological polar surface area (TPSA) is 34.6 Å². The van der Waals surface area contributed by atoms with Crippen LogP contribution >= 0.6 is 0 Å². The van der Waals surface area contributed by atoms with Crippen molar-refractivity contribution in [2.75, 3.05) is 0 Å². The predicted molar refractivity (Wildman–Crippen MR) is 208 cm³/mol. The molecule has 0 unspecified atom stereocenters. The number of aromatic nitrogens is 2. The highest BCUT2D eigenvalue weighted by molar-refractivity contribution is 6.18. The largest absolute Gasteiger partial charge is 0.320 e. The lowest BCUT2D eigenvalue weighted by Crippen LogP contribution is -2.03. The zero-order valence-electron chi connectivity index (χ0n) is 26.9. The van der Waals surface area contributed by atoms with Crippen molar-refractivity contribution in [3.05, 3.63) is 181 Å². The summed E-state index contributed by atoms with van der Waals surface area (Å²) in [5, 5.41) is 7.36. The van der Waals surface area contributed by atoms with Gasteiger partial charge in [0.1, 0.15) is 6.67 Å². The van der Waals surface area contributed by atoms with Crippen LogP contribution in [0.2, 0.25) is 0 Å². The first kappa shape index (κ1) is 28.7. The molecule has 4 heteroatoms. The predicted octanol–water partition coefficient (Wildman–Crippen LogP) is 11.2. The van der Waals surface area contributed by atoms with Crippen molar-refractivity contribution in [1.82, 2.24) is 9.13 Å². The molecule has 4 nitrogen and oxygen atoms in total. The van der Waals surface area contributed by atoms with Crippen molar-refractivity contribution in [2.45, 2.75) is 6.67 Å². The monoisotopic (exact) mass is 628 g/mol. The molecule has 0 saturated heterocycles. The molecule has 0 bridgehead atoms. The maximum Gasteiger partial charge on any atom is 0.115 e. The highest BCUT2D eigenvalue weighted by Crippen LogP contribution is 2.38. The molecule has 0 saturated carbocycles. The molecule has 0 aliphatic rings. The Labute approximate surface area is 284 Å². The number of rotatable bonds is 7. The summed E-state index contributed by atoms with van der Waals surface area (Å²) in [6.07, 6.45) is 2.04. The third-order valence-corrected chi connectivity index (χ3v) is 9.50. The number of benzene rings is 7. The average Bonchev–Trinajstić information content (AvgIpc) is 3.65. The van der Waals surface area contributed by atoms with Crippen LogP contribution < -0.4 is 0 Å². The quantitative estimate of drug-likeness (QED) is 0.157. The van der Waals surface area contributed by atoms with Crippen LogP contribution in [-0.2, 0) is 6.67 Å². The van der Waals surface area contributed by atoms with Gasteiger partial charge in [0, 0.05) is 32.8 Å². The second-order valence-corrected chi connectivity index (χ2v) is 12.3. The molecule has 9 aromatic rings. The van der Waals surface area contributed by atoms with Crippen LogP contribution in [-0.4, -0.2) is 21.6 Å². The Balaban J connectivity index is 1.26. The van der Waals surface area contributed by atoms with Crippen LogP contribution in [0.3, 0.4) is 0 Å². The normalized spacial score (nSPS) is 12.5. The van der Waals surface area contributed by atoms with Gasteiger partial charge >= 0.3 is 0 Å². The Bertz CT molecular complexity index is 2730. The SMILES string of the molecule is C=N/C(=C\C(=N/Cn1c2ccccc2c2cc3cc4c5ccccc5n(-c5ccccc5)c4cc3cc21)c1ccccc1)c1ccccc1. The number of hydrogen-bond donors (Lipinski definition) is 0. The van der Waals surface area contributed by atoms with E-state index in [1.165, 1.54) is 43.4 Å². The summed E-state index contributed by atoms with van der Waals surface area (Å²) >= 11 is 0. The van der Waals surface area contributed by atoms with E-state index in [1.54, 1.807) is 0 Å². The van der Waals surface area contributed by atoms with Crippen LogP contribution in [0, 0.1) is 0 Å². The third kappa shape index (κ3) is 4.93. The summed E-state index contributed by atoms with van der Waals surface area (Å²) in [5.74, 6) is 0. The van der Waals surface area contributed by atoms with E-state index in [4.69, 9.17) is 4.99 Å². The number of hydrogen-bond acceptors (Lipinski definition) is 2. The number of aliphatic imine (C=N–C) groups is 2. The van der Waals surface area contributed by atoms with Gasteiger partial charge < -0.3 is 9.13 Å². The minimum Gasteiger partial charge on any atom is -0.320 e. The van der Waals surface area contributed by atoms with Crippen LogP contribution in [0.1, 0.15) is 11.1 Å². The molecule has 0 fully saturated rings. The Morgan fingerprint density at radius 2 is 1.04 bits per heavy atom. The summed E-state index contributed by atoms with van der Waals surface area (Å²) < 4.78 is 4.71. The summed E-state index contributed by atoms with van der Waals surface area (Å²) in [6, 6.07) is 57.8. The van der Waals surface area contributed by atoms with Crippen LogP contribution in [0.25, 0.3) is 65.8 Å². The van der Waals surface area contributed by atoms with Gasteiger partial charge in [-0.2, -0.15) is 0 Å². The van der Waals surface area contributed by atoms with E-state index in [9.17, 15) is 0 Å². The molecule has 49 heavy (non-hydrogen) atoms. The molecule has 2 aromatic heterocycles. The molecule has 0 spiro atoms. The molecular formula is C45H32N4. The van der Waals surface area contributed by atoms with E-state index < -0.39 is 0 Å². The number of nitrogens with zero attached hydrogens (tertiary/aromatic N) is 4. The molecule has 0 amide bonds. The molecule has 2 heterocycles. The minimum absolute atomic E-state index is 0.446. The van der Waals surface area contributed by atoms with E-state index in [0.29, 0.717) is 6.67 Å². The summed E-state index contributed by atoms with van der Waals surface area (Å²) in [6.45, 7) is 4.33. The van der Waals surface area contributed by atoms with Crippen LogP contribution in [0.4, 0.5) is 0 Å². The second-order valence-electron chi connectivity index (χ2n) is 12.3. The molecular weight excluding hydrogens is 597 g/mol. The Morgan fingerprint density at radius 3 is 1.73 bits per heavy atom. The maximum atomic E-state index is 5.27. The average molecular weight is 629 g/mol. The molecule has 0 atom stereocenters. The Morgan fingerprint density at radius 1 is 0.510 bits per heavy atom. The second kappa shape index (κ2) is 11.9. The highest BCUT2D eigenvalue weighted by atomic mass is 15.1. The molecule has 9 rings (SSSR count). The number of allylic oxidation sites excluding steroid dienone is 1. The highest BCUT2D eigenvalue weighted by Gasteiger charge is 2.16. The number of para-hydroxylation sites is 3. The van der Waals surface area contributed by atoms with Crippen molar-refractivity contribution in [3.63, 3.8) is 0 Å². The van der Waals surface area contributed by atoms with Gasteiger partial charge in [-0.05, 0) is 77.7 Å². The van der Waals surface area contributed by atoms with Crippen molar-refractivity contribution in [1.29, 1.82) is 0 Å². The van der Waals surface area contributed by atoms with E-state index >= 15 is 0 Å². The molecule has 0 aliphatic heterocycles. The van der Waals surface area contributed by atoms with Crippen LogP contribution in [0.5, 0.6) is 0 Å². The van der Waals surface area contributed by atoms with E-state index in [2.05, 4.69) is 148 Å². The Hall–Kier alpha value is -6.52. The molecule has 0 N–H and O–H groups in total. The lowest BCUT2D eigenvalue weighted by molar-refractivity contribution is 0.794. The smallest absolute Gasteiger partial charge is 0.115 e. The summed E-state index contributed by atoms with van der Waals surface area (Å²) in [7, 11) is 0. The fraction of sp³-hybridized carbons (Fsp3) is 0.0222. The fourth-order valence-electron chi connectivity index (χ4n) is 7.20. The van der Waals surface area contributed by atoms with Gasteiger partial charge in [0.15, 0.2) is 0 Å². The van der Waals surface area contributed by atoms with E-state index in [1.807, 2.05) is 42.5 Å². The first-order valence-electron chi connectivity index (χ1n) is 16.5. The van der Waals surface area contributed by atoms with Crippen LogP contribution in [0.15, 0.2) is 180 Å². The standard InChI is InChI=1S/C45H32N4/c1-46-40(31-15-5-2-6-16-31)29-41(32-17-7-3-8-18-32)47-30-48-42-23-13-11-21-36(42)38-25-33-26-39-37-22-12-14-24-43(37)49(35-19-9-4-10-20-35)45(39)28-34(33)27-44(38)48/h2-29H,1,30H2/b40-29-,47-41+. The Kier molecular flexibility index (Phi) is 6.98. The van der Waals surface area contributed by atoms with Gasteiger partial charge in [0.2, 0.25) is 0 Å². The molecule has 0 aliphatic carbocycles. The van der Waals surface area contributed by atoms with Crippen molar-refractivity contribution >= 4 is 72.5 Å². The zero-order chi connectivity index (χ0) is 32.7. The lowest BCUT2D eigenvalue weighted by atomic mass is 10.0. The first-order chi connectivity index (χ1) is 24.3. The lowest BCUT2D eigenvalue weighted by Gasteiger charge is -2.10. The first-order valence-corrected chi connectivity index (χ1v) is 16.5. The van der Waals surface area contributed by atoms with Crippen molar-refractivity contribution < 1.29 is 0 Å². The molecule has 232 valence electrons.